The summed E-state index contributed by atoms with van der Waals surface area (Å²) < 4.78 is 5.82. The van der Waals surface area contributed by atoms with Gasteiger partial charge in [0.1, 0.15) is 17.6 Å². The van der Waals surface area contributed by atoms with Gasteiger partial charge in [0.15, 0.2) is 5.78 Å². The van der Waals surface area contributed by atoms with Crippen molar-refractivity contribution in [1.82, 2.24) is 0 Å². The van der Waals surface area contributed by atoms with Crippen LogP contribution in [0.3, 0.4) is 0 Å². The van der Waals surface area contributed by atoms with Crippen LogP contribution in [0.15, 0.2) is 36.4 Å². The van der Waals surface area contributed by atoms with E-state index in [0.29, 0.717) is 16.3 Å². The molecule has 5 heteroatoms. The van der Waals surface area contributed by atoms with Crippen LogP contribution in [-0.2, 0) is 0 Å². The molecule has 1 heterocycles. The van der Waals surface area contributed by atoms with E-state index in [9.17, 15) is 9.90 Å². The predicted octanol–water partition coefficient (Wildman–Crippen LogP) is 4.41. The molecule has 20 heavy (non-hydrogen) atoms. The third-order valence-electron chi connectivity index (χ3n) is 3.23. The zero-order chi connectivity index (χ0) is 14.3. The number of phenols is 1. The van der Waals surface area contributed by atoms with E-state index in [4.69, 9.17) is 27.9 Å². The molecule has 0 fully saturated rings. The number of hydrogen-bond acceptors (Lipinski definition) is 3. The Morgan fingerprint density at radius 2 is 1.95 bits per heavy atom. The van der Waals surface area contributed by atoms with E-state index >= 15 is 0 Å². The van der Waals surface area contributed by atoms with Crippen LogP contribution in [0, 0.1) is 0 Å². The number of carbonyl (C=O) groups excluding carboxylic acids is 1. The average Bonchev–Trinajstić information content (AvgIpc) is 2.42. The molecule has 0 bridgehead atoms. The van der Waals surface area contributed by atoms with Crippen LogP contribution >= 0.6 is 23.2 Å². The minimum absolute atomic E-state index is 0.00438. The second-order valence-electron chi connectivity index (χ2n) is 4.59. The molecule has 1 atom stereocenters. The summed E-state index contributed by atoms with van der Waals surface area (Å²) in [5, 5.41) is 10.2. The molecule has 0 aliphatic carbocycles. The number of ether oxygens (including phenoxy) is 1. The van der Waals surface area contributed by atoms with Gasteiger partial charge in [-0.15, -0.1) is 0 Å². The van der Waals surface area contributed by atoms with E-state index in [1.807, 2.05) is 0 Å². The summed E-state index contributed by atoms with van der Waals surface area (Å²) in [7, 11) is 0. The lowest BCUT2D eigenvalue weighted by Gasteiger charge is -2.25. The van der Waals surface area contributed by atoms with Gasteiger partial charge in [-0.25, -0.2) is 0 Å². The summed E-state index contributed by atoms with van der Waals surface area (Å²) in [5.41, 5.74) is 1.25. The van der Waals surface area contributed by atoms with E-state index < -0.39 is 6.10 Å². The molecular weight excluding hydrogens is 299 g/mol. The zero-order valence-corrected chi connectivity index (χ0v) is 11.8. The van der Waals surface area contributed by atoms with E-state index in [1.54, 1.807) is 30.3 Å². The number of fused-ring (bicyclic) bond motifs is 1. The first kappa shape index (κ1) is 13.3. The molecule has 2 aromatic carbocycles. The van der Waals surface area contributed by atoms with Crippen molar-refractivity contribution >= 4 is 29.0 Å². The Labute approximate surface area is 125 Å². The van der Waals surface area contributed by atoms with Gasteiger partial charge in [-0.2, -0.15) is 0 Å². The number of ketones is 1. The molecule has 0 saturated heterocycles. The van der Waals surface area contributed by atoms with Crippen LogP contribution in [-0.4, -0.2) is 10.9 Å². The topological polar surface area (TPSA) is 46.5 Å². The molecular formula is C15H10Cl2O3. The fourth-order valence-corrected chi connectivity index (χ4v) is 2.57. The largest absolute Gasteiger partial charge is 0.506 e. The van der Waals surface area contributed by atoms with Crippen molar-refractivity contribution in [2.45, 2.75) is 12.5 Å². The summed E-state index contributed by atoms with van der Waals surface area (Å²) in [6.07, 6.45) is -0.191. The van der Waals surface area contributed by atoms with Crippen molar-refractivity contribution in [3.05, 3.63) is 57.6 Å². The molecule has 0 amide bonds. The lowest BCUT2D eigenvalue weighted by atomic mass is 9.96. The SMILES string of the molecule is O=C1CC(c2ccc(O)c(Cl)c2)Oc2ccc(Cl)cc21. The van der Waals surface area contributed by atoms with Gasteiger partial charge in [0.25, 0.3) is 0 Å². The molecule has 102 valence electrons. The maximum absolute atomic E-state index is 12.2. The molecule has 0 spiro atoms. The third kappa shape index (κ3) is 2.35. The summed E-state index contributed by atoms with van der Waals surface area (Å²) in [5.74, 6) is 0.493. The molecule has 1 aliphatic heterocycles. The molecule has 1 aliphatic rings. The Kier molecular flexibility index (Phi) is 3.32. The van der Waals surface area contributed by atoms with Gasteiger partial charge in [0, 0.05) is 5.02 Å². The predicted molar refractivity (Wildman–Crippen MR) is 76.9 cm³/mol. The van der Waals surface area contributed by atoms with Crippen LogP contribution < -0.4 is 4.74 Å². The summed E-state index contributed by atoms with van der Waals surface area (Å²) >= 11 is 11.8. The first-order chi connectivity index (χ1) is 9.54. The highest BCUT2D eigenvalue weighted by Crippen LogP contribution is 2.37. The van der Waals surface area contributed by atoms with Crippen molar-refractivity contribution in [2.75, 3.05) is 0 Å². The fraction of sp³-hybridized carbons (Fsp3) is 0.133. The lowest BCUT2D eigenvalue weighted by molar-refractivity contribution is 0.0850. The van der Waals surface area contributed by atoms with Gasteiger partial charge < -0.3 is 9.84 Å². The fourth-order valence-electron chi connectivity index (χ4n) is 2.21. The Morgan fingerprint density at radius 1 is 1.15 bits per heavy atom. The molecule has 2 aromatic rings. The quantitative estimate of drug-likeness (QED) is 0.849. The first-order valence-electron chi connectivity index (χ1n) is 6.02. The van der Waals surface area contributed by atoms with Gasteiger partial charge in [-0.05, 0) is 35.9 Å². The summed E-state index contributed by atoms with van der Waals surface area (Å²) in [6, 6.07) is 9.77. The Balaban J connectivity index is 1.97. The number of hydrogen-bond donors (Lipinski definition) is 1. The van der Waals surface area contributed by atoms with Gasteiger partial charge in [0.2, 0.25) is 0 Å². The standard InChI is InChI=1S/C15H10Cl2O3/c16-9-2-4-14-10(6-9)13(19)7-15(20-14)8-1-3-12(18)11(17)5-8/h1-6,15,18H,7H2. The molecule has 1 N–H and O–H groups in total. The van der Waals surface area contributed by atoms with E-state index in [2.05, 4.69) is 0 Å². The number of carbonyl (C=O) groups is 1. The highest BCUT2D eigenvalue weighted by atomic mass is 35.5. The maximum Gasteiger partial charge on any atom is 0.170 e. The highest BCUT2D eigenvalue weighted by Gasteiger charge is 2.28. The molecule has 0 saturated carbocycles. The molecule has 3 rings (SSSR count). The van der Waals surface area contributed by atoms with Crippen LogP contribution in [0.2, 0.25) is 10.0 Å². The third-order valence-corrected chi connectivity index (χ3v) is 3.76. The van der Waals surface area contributed by atoms with Crippen LogP contribution in [0.25, 0.3) is 0 Å². The van der Waals surface area contributed by atoms with E-state index in [0.717, 1.165) is 5.56 Å². The van der Waals surface area contributed by atoms with E-state index in [-0.39, 0.29) is 23.0 Å². The lowest BCUT2D eigenvalue weighted by Crippen LogP contribution is -2.20. The zero-order valence-electron chi connectivity index (χ0n) is 10.3. The number of Topliss-reactive ketones (excluding diaryl/α,β-unsaturated/α-hetero) is 1. The van der Waals surface area contributed by atoms with Gasteiger partial charge in [-0.1, -0.05) is 29.3 Å². The van der Waals surface area contributed by atoms with Gasteiger partial charge >= 0.3 is 0 Å². The number of halogens is 2. The smallest absolute Gasteiger partial charge is 0.170 e. The van der Waals surface area contributed by atoms with Gasteiger partial charge in [-0.3, -0.25) is 4.79 Å². The van der Waals surface area contributed by atoms with Crippen molar-refractivity contribution in [3.8, 4) is 11.5 Å². The maximum atomic E-state index is 12.2. The minimum atomic E-state index is -0.408. The number of aromatic hydroxyl groups is 1. The molecule has 0 radical (unpaired) electrons. The second kappa shape index (κ2) is 5.00. The Hall–Kier alpha value is -1.71. The van der Waals surface area contributed by atoms with E-state index in [1.165, 1.54) is 6.07 Å². The summed E-state index contributed by atoms with van der Waals surface area (Å²) in [6.45, 7) is 0. The normalized spacial score (nSPS) is 17.5. The van der Waals surface area contributed by atoms with Crippen molar-refractivity contribution < 1.29 is 14.6 Å². The van der Waals surface area contributed by atoms with Crippen LogP contribution in [0.4, 0.5) is 0 Å². The average molecular weight is 309 g/mol. The second-order valence-corrected chi connectivity index (χ2v) is 5.43. The Bertz CT molecular complexity index is 698. The summed E-state index contributed by atoms with van der Waals surface area (Å²) in [4.78, 5) is 12.2. The Morgan fingerprint density at radius 3 is 2.70 bits per heavy atom. The van der Waals surface area contributed by atoms with Crippen LogP contribution in [0.1, 0.15) is 28.4 Å². The number of benzene rings is 2. The number of rotatable bonds is 1. The van der Waals surface area contributed by atoms with Crippen LogP contribution in [0.5, 0.6) is 11.5 Å². The van der Waals surface area contributed by atoms with Crippen molar-refractivity contribution in [3.63, 3.8) is 0 Å². The number of phenolic OH excluding ortho intramolecular Hbond substituents is 1. The minimum Gasteiger partial charge on any atom is -0.506 e. The molecule has 1 unspecified atom stereocenters. The molecule has 3 nitrogen and oxygen atoms in total. The molecule has 0 aromatic heterocycles. The van der Waals surface area contributed by atoms with Crippen molar-refractivity contribution in [2.24, 2.45) is 0 Å². The van der Waals surface area contributed by atoms with Crippen molar-refractivity contribution in [1.29, 1.82) is 0 Å². The first-order valence-corrected chi connectivity index (χ1v) is 6.78. The van der Waals surface area contributed by atoms with Gasteiger partial charge in [0.05, 0.1) is 17.0 Å². The monoisotopic (exact) mass is 308 g/mol. The highest BCUT2D eigenvalue weighted by molar-refractivity contribution is 6.32.